The lowest BCUT2D eigenvalue weighted by Crippen LogP contribution is -2.32. The van der Waals surface area contributed by atoms with Gasteiger partial charge in [-0.1, -0.05) is 50.6 Å². The van der Waals surface area contributed by atoms with Crippen LogP contribution in [0.2, 0.25) is 0 Å². The molecular formula is C23H32N2O3. The van der Waals surface area contributed by atoms with Gasteiger partial charge in [0.25, 0.3) is 0 Å². The quantitative estimate of drug-likeness (QED) is 0.715. The lowest BCUT2D eigenvalue weighted by Gasteiger charge is -2.19. The highest BCUT2D eigenvalue weighted by Crippen LogP contribution is 2.27. The number of hydrogen-bond donors (Lipinski definition) is 1. The Kier molecular flexibility index (Phi) is 7.85. The van der Waals surface area contributed by atoms with Crippen LogP contribution in [-0.4, -0.2) is 22.8 Å². The molecule has 1 fully saturated rings. The normalized spacial score (nSPS) is 13.2. The molecule has 0 saturated heterocycles. The Hall–Kier alpha value is -2.56. The number of nitrogens with one attached hydrogen (secondary N) is 1. The Morgan fingerprint density at radius 3 is 2.32 bits per heavy atom. The molecule has 0 atom stereocenters. The van der Waals surface area contributed by atoms with Crippen LogP contribution in [0.5, 0.6) is 5.88 Å². The zero-order valence-electron chi connectivity index (χ0n) is 17.6. The number of carbonyl (C=O) groups is 1. The van der Waals surface area contributed by atoms with Crippen molar-refractivity contribution < 1.29 is 14.3 Å². The predicted molar refractivity (Wildman–Crippen MR) is 112 cm³/mol. The van der Waals surface area contributed by atoms with Crippen LogP contribution in [0.1, 0.15) is 59.4 Å². The van der Waals surface area contributed by atoms with Crippen LogP contribution < -0.4 is 10.1 Å². The fourth-order valence-corrected chi connectivity index (χ4v) is 2.28. The van der Waals surface area contributed by atoms with Crippen molar-refractivity contribution >= 4 is 6.09 Å². The van der Waals surface area contributed by atoms with Crippen LogP contribution in [0.15, 0.2) is 42.5 Å². The minimum atomic E-state index is -0.493. The average Bonchev–Trinajstić information content (AvgIpc) is 3.44. The lowest BCUT2D eigenvalue weighted by molar-refractivity contribution is 0.0523. The minimum Gasteiger partial charge on any atom is -0.474 e. The molecule has 1 aromatic heterocycles. The Balaban J connectivity index is 0.000000878. The fourth-order valence-electron chi connectivity index (χ4n) is 2.28. The highest BCUT2D eigenvalue weighted by atomic mass is 16.6. The van der Waals surface area contributed by atoms with E-state index in [1.54, 1.807) is 0 Å². The van der Waals surface area contributed by atoms with E-state index in [2.05, 4.69) is 24.1 Å². The SMILES string of the molecule is CC(C)(C)OC(=O)NCc1ccc(-c2cccc(OC3CC3)n2)cc1.CCC. The fraction of sp³-hybridized carbons (Fsp3) is 0.478. The van der Waals surface area contributed by atoms with Gasteiger partial charge in [0.2, 0.25) is 5.88 Å². The Morgan fingerprint density at radius 1 is 1.11 bits per heavy atom. The van der Waals surface area contributed by atoms with Crippen LogP contribution in [0, 0.1) is 0 Å². The van der Waals surface area contributed by atoms with E-state index in [-0.39, 0.29) is 0 Å². The largest absolute Gasteiger partial charge is 0.474 e. The van der Waals surface area contributed by atoms with Crippen molar-refractivity contribution in [3.63, 3.8) is 0 Å². The topological polar surface area (TPSA) is 60.5 Å². The highest BCUT2D eigenvalue weighted by Gasteiger charge is 2.24. The van der Waals surface area contributed by atoms with Gasteiger partial charge in [-0.05, 0) is 45.2 Å². The highest BCUT2D eigenvalue weighted by molar-refractivity contribution is 5.67. The van der Waals surface area contributed by atoms with Crippen molar-refractivity contribution in [1.82, 2.24) is 10.3 Å². The first kappa shape index (κ1) is 21.7. The van der Waals surface area contributed by atoms with Crippen LogP contribution in [0.25, 0.3) is 11.3 Å². The van der Waals surface area contributed by atoms with Crippen molar-refractivity contribution in [2.24, 2.45) is 0 Å². The molecule has 0 bridgehead atoms. The molecule has 3 rings (SSSR count). The summed E-state index contributed by atoms with van der Waals surface area (Å²) in [7, 11) is 0. The molecule has 1 amide bonds. The van der Waals surface area contributed by atoms with Gasteiger partial charge in [-0.15, -0.1) is 0 Å². The molecule has 0 spiro atoms. The Bertz CT molecular complexity index is 747. The molecule has 1 N–H and O–H groups in total. The summed E-state index contributed by atoms with van der Waals surface area (Å²) in [5, 5.41) is 2.76. The molecule has 28 heavy (non-hydrogen) atoms. The number of aromatic nitrogens is 1. The number of pyridine rings is 1. The summed E-state index contributed by atoms with van der Waals surface area (Å²) in [6.45, 7) is 10.2. The Labute approximate surface area is 168 Å². The third-order valence-corrected chi connectivity index (χ3v) is 3.62. The third-order valence-electron chi connectivity index (χ3n) is 3.62. The molecule has 0 aliphatic heterocycles. The zero-order chi connectivity index (χ0) is 20.6. The second-order valence-corrected chi connectivity index (χ2v) is 7.94. The molecule has 1 aromatic carbocycles. The molecule has 1 heterocycles. The van der Waals surface area contributed by atoms with E-state index in [0.29, 0.717) is 18.5 Å². The summed E-state index contributed by atoms with van der Waals surface area (Å²) in [5.41, 5.74) is 2.40. The molecule has 5 nitrogen and oxygen atoms in total. The first-order chi connectivity index (χ1) is 13.3. The van der Waals surface area contributed by atoms with Gasteiger partial charge in [0, 0.05) is 18.2 Å². The van der Waals surface area contributed by atoms with E-state index in [0.717, 1.165) is 29.7 Å². The van der Waals surface area contributed by atoms with Gasteiger partial charge in [0.15, 0.2) is 0 Å². The van der Waals surface area contributed by atoms with E-state index < -0.39 is 11.7 Å². The molecule has 1 aliphatic carbocycles. The molecule has 2 aromatic rings. The van der Waals surface area contributed by atoms with Gasteiger partial charge in [-0.3, -0.25) is 0 Å². The molecule has 152 valence electrons. The van der Waals surface area contributed by atoms with Gasteiger partial charge >= 0.3 is 6.09 Å². The Morgan fingerprint density at radius 2 is 1.75 bits per heavy atom. The van der Waals surface area contributed by atoms with Gasteiger partial charge in [0.1, 0.15) is 11.7 Å². The predicted octanol–water partition coefficient (Wildman–Crippen LogP) is 5.73. The van der Waals surface area contributed by atoms with Gasteiger partial charge in [-0.25, -0.2) is 9.78 Å². The molecule has 0 unspecified atom stereocenters. The van der Waals surface area contributed by atoms with E-state index >= 15 is 0 Å². The lowest BCUT2D eigenvalue weighted by atomic mass is 10.1. The van der Waals surface area contributed by atoms with Crippen molar-refractivity contribution in [1.29, 1.82) is 0 Å². The van der Waals surface area contributed by atoms with E-state index in [9.17, 15) is 4.79 Å². The van der Waals surface area contributed by atoms with E-state index in [1.165, 1.54) is 6.42 Å². The smallest absolute Gasteiger partial charge is 0.407 e. The first-order valence-electron chi connectivity index (χ1n) is 10.0. The summed E-state index contributed by atoms with van der Waals surface area (Å²) in [5.74, 6) is 0.677. The maximum atomic E-state index is 11.7. The number of rotatable bonds is 5. The number of nitrogens with zero attached hydrogens (tertiary/aromatic N) is 1. The number of benzene rings is 1. The number of ether oxygens (including phenoxy) is 2. The maximum absolute atomic E-state index is 11.7. The van der Waals surface area contributed by atoms with Gasteiger partial charge in [-0.2, -0.15) is 0 Å². The number of alkyl carbamates (subject to hydrolysis) is 1. The minimum absolute atomic E-state index is 0.337. The summed E-state index contributed by atoms with van der Waals surface area (Å²) in [6, 6.07) is 13.8. The summed E-state index contributed by atoms with van der Waals surface area (Å²) in [6.07, 6.45) is 3.41. The van der Waals surface area contributed by atoms with Crippen LogP contribution in [-0.2, 0) is 11.3 Å². The monoisotopic (exact) mass is 384 g/mol. The van der Waals surface area contributed by atoms with Crippen molar-refractivity contribution in [3.8, 4) is 17.1 Å². The van der Waals surface area contributed by atoms with E-state index in [4.69, 9.17) is 9.47 Å². The number of carbonyl (C=O) groups excluding carboxylic acids is 1. The number of amides is 1. The van der Waals surface area contributed by atoms with Crippen molar-refractivity contribution in [3.05, 3.63) is 48.0 Å². The van der Waals surface area contributed by atoms with Gasteiger partial charge < -0.3 is 14.8 Å². The first-order valence-corrected chi connectivity index (χ1v) is 10.0. The summed E-state index contributed by atoms with van der Waals surface area (Å²) in [4.78, 5) is 16.2. The van der Waals surface area contributed by atoms with E-state index in [1.807, 2.05) is 63.2 Å². The third kappa shape index (κ3) is 7.99. The van der Waals surface area contributed by atoms with Crippen molar-refractivity contribution in [2.45, 2.75) is 72.1 Å². The summed E-state index contributed by atoms with van der Waals surface area (Å²) >= 11 is 0. The second-order valence-electron chi connectivity index (χ2n) is 7.94. The standard InChI is InChI=1S/C20H24N2O3.C3H8/c1-20(2,3)25-19(23)21-13-14-7-9-15(10-8-14)17-5-4-6-18(22-17)24-16-11-12-16;1-3-2/h4-10,16H,11-13H2,1-3H3,(H,21,23);3H2,1-2H3. The summed E-state index contributed by atoms with van der Waals surface area (Å²) < 4.78 is 11.0. The average molecular weight is 385 g/mol. The van der Waals surface area contributed by atoms with Crippen LogP contribution in [0.3, 0.4) is 0 Å². The molecule has 1 saturated carbocycles. The van der Waals surface area contributed by atoms with Gasteiger partial charge in [0.05, 0.1) is 5.69 Å². The van der Waals surface area contributed by atoms with Crippen LogP contribution in [0.4, 0.5) is 4.79 Å². The van der Waals surface area contributed by atoms with Crippen LogP contribution >= 0.6 is 0 Å². The number of hydrogen-bond acceptors (Lipinski definition) is 4. The molecule has 5 heteroatoms. The zero-order valence-corrected chi connectivity index (χ0v) is 17.6. The molecular weight excluding hydrogens is 352 g/mol. The second kappa shape index (κ2) is 10.1. The molecule has 1 aliphatic rings. The maximum Gasteiger partial charge on any atom is 0.407 e. The molecule has 0 radical (unpaired) electrons. The van der Waals surface area contributed by atoms with Crippen molar-refractivity contribution in [2.75, 3.05) is 0 Å².